The third-order valence-corrected chi connectivity index (χ3v) is 3.97. The Morgan fingerprint density at radius 1 is 1.31 bits per heavy atom. The number of hydroxylamine groups is 1. The summed E-state index contributed by atoms with van der Waals surface area (Å²) >= 11 is 5.46. The van der Waals surface area contributed by atoms with E-state index in [2.05, 4.69) is 5.10 Å². The molecule has 0 aliphatic carbocycles. The summed E-state index contributed by atoms with van der Waals surface area (Å²) in [6.07, 6.45) is 1.14. The Labute approximate surface area is 154 Å². The lowest BCUT2D eigenvalue weighted by Crippen LogP contribution is -2.28. The number of hydrogen-bond donors (Lipinski definition) is 4. The topological polar surface area (TPSA) is 140 Å². The van der Waals surface area contributed by atoms with E-state index in [1.165, 1.54) is 24.3 Å². The Bertz CT molecular complexity index is 904. The lowest BCUT2D eigenvalue weighted by molar-refractivity contribution is -0.0139. The van der Waals surface area contributed by atoms with Crippen molar-refractivity contribution in [3.05, 3.63) is 64.4 Å². The van der Waals surface area contributed by atoms with Gasteiger partial charge in [-0.1, -0.05) is 35.4 Å². The molecule has 2 aromatic rings. The molecule has 0 amide bonds. The van der Waals surface area contributed by atoms with Gasteiger partial charge in [0.15, 0.2) is 0 Å². The lowest BCUT2D eigenvalue weighted by atomic mass is 10.2. The van der Waals surface area contributed by atoms with Gasteiger partial charge in [0.1, 0.15) is 5.82 Å². The molecule has 0 fully saturated rings. The summed E-state index contributed by atoms with van der Waals surface area (Å²) in [6, 6.07) is 9.98. The quantitative estimate of drug-likeness (QED) is 0.269. The highest BCUT2D eigenvalue weighted by Crippen LogP contribution is 2.14. The average Bonchev–Trinajstić information content (AvgIpc) is 2.55. The Morgan fingerprint density at radius 2 is 1.88 bits per heavy atom. The first-order chi connectivity index (χ1) is 12.0. The summed E-state index contributed by atoms with van der Waals surface area (Å²) in [4.78, 5) is -0.0666. The van der Waals surface area contributed by atoms with Crippen LogP contribution < -0.4 is 5.73 Å². The standard InChI is InChI=1S/C8H8ClFN4O.C7H8O3S/c9-6-2-1-5(3-7(6)10)4-13-14(15)8(11)12;1-6-2-4-7(5-3-6)11(8,9)10/h1-4,15H,(H3,11,12);2-5H,1H3,(H,8,9,10). The predicted octanol–water partition coefficient (Wildman–Crippen LogP) is 2.64. The fourth-order valence-corrected chi connectivity index (χ4v) is 2.08. The molecule has 0 aliphatic heterocycles. The van der Waals surface area contributed by atoms with E-state index in [-0.39, 0.29) is 15.1 Å². The van der Waals surface area contributed by atoms with Crippen LogP contribution in [0.25, 0.3) is 0 Å². The van der Waals surface area contributed by atoms with Crippen molar-refractivity contribution in [1.29, 1.82) is 5.41 Å². The van der Waals surface area contributed by atoms with Crippen LogP contribution in [0.15, 0.2) is 52.5 Å². The number of nitrogens with two attached hydrogens (primary N) is 1. The number of hydrogen-bond acceptors (Lipinski definition) is 5. The molecule has 0 heterocycles. The number of hydrazone groups is 1. The van der Waals surface area contributed by atoms with E-state index in [9.17, 15) is 12.8 Å². The molecule has 140 valence electrons. The van der Waals surface area contributed by atoms with Gasteiger partial charge < -0.3 is 5.73 Å². The maximum atomic E-state index is 12.9. The molecule has 0 saturated carbocycles. The van der Waals surface area contributed by atoms with E-state index in [1.54, 1.807) is 12.1 Å². The van der Waals surface area contributed by atoms with Crippen molar-refractivity contribution >= 4 is 33.9 Å². The van der Waals surface area contributed by atoms with Gasteiger partial charge in [-0.15, -0.1) is 5.17 Å². The van der Waals surface area contributed by atoms with E-state index in [0.717, 1.165) is 17.8 Å². The van der Waals surface area contributed by atoms with Crippen molar-refractivity contribution in [1.82, 2.24) is 5.17 Å². The van der Waals surface area contributed by atoms with Crippen molar-refractivity contribution < 1.29 is 22.6 Å². The van der Waals surface area contributed by atoms with Crippen LogP contribution in [0.4, 0.5) is 4.39 Å². The third kappa shape index (κ3) is 7.15. The van der Waals surface area contributed by atoms with Gasteiger partial charge in [-0.05, 0) is 36.8 Å². The minimum absolute atomic E-state index is 0.000396. The fraction of sp³-hybridized carbons (Fsp3) is 0.0667. The largest absolute Gasteiger partial charge is 0.367 e. The Kier molecular flexibility index (Phi) is 7.65. The van der Waals surface area contributed by atoms with Crippen molar-refractivity contribution in [2.75, 3.05) is 0 Å². The van der Waals surface area contributed by atoms with Crippen molar-refractivity contribution in [2.45, 2.75) is 11.8 Å². The molecular formula is C15H16ClFN4O4S. The summed E-state index contributed by atoms with van der Waals surface area (Å²) < 4.78 is 42.5. The van der Waals surface area contributed by atoms with Gasteiger partial charge in [-0.2, -0.15) is 13.5 Å². The van der Waals surface area contributed by atoms with Gasteiger partial charge in [-0.25, -0.2) is 4.39 Å². The van der Waals surface area contributed by atoms with Crippen LogP contribution in [-0.4, -0.2) is 35.5 Å². The van der Waals surface area contributed by atoms with Crippen molar-refractivity contribution in [3.8, 4) is 0 Å². The normalized spacial score (nSPS) is 11.0. The molecule has 0 spiro atoms. The van der Waals surface area contributed by atoms with Crippen LogP contribution in [0, 0.1) is 18.2 Å². The number of rotatable bonds is 3. The second-order valence-corrected chi connectivity index (χ2v) is 6.71. The zero-order chi connectivity index (χ0) is 19.9. The molecule has 0 aliphatic rings. The Morgan fingerprint density at radius 3 is 2.35 bits per heavy atom. The van der Waals surface area contributed by atoms with Crippen LogP contribution in [0.1, 0.15) is 11.1 Å². The molecule has 8 nitrogen and oxygen atoms in total. The number of benzene rings is 2. The van der Waals surface area contributed by atoms with Gasteiger partial charge in [0.25, 0.3) is 10.1 Å². The van der Waals surface area contributed by atoms with Crippen LogP contribution >= 0.6 is 11.6 Å². The average molecular weight is 403 g/mol. The first kappa shape index (κ1) is 21.5. The van der Waals surface area contributed by atoms with Gasteiger partial charge in [0, 0.05) is 0 Å². The zero-order valence-corrected chi connectivity index (χ0v) is 15.0. The van der Waals surface area contributed by atoms with Crippen LogP contribution in [0.5, 0.6) is 0 Å². The third-order valence-electron chi connectivity index (χ3n) is 2.79. The number of nitrogens with zero attached hydrogens (tertiary/aromatic N) is 2. The second kappa shape index (κ2) is 9.25. The summed E-state index contributed by atoms with van der Waals surface area (Å²) in [5.41, 5.74) is 6.25. The van der Waals surface area contributed by atoms with Gasteiger partial charge >= 0.3 is 0 Å². The van der Waals surface area contributed by atoms with Crippen LogP contribution in [0.2, 0.25) is 5.02 Å². The Hall–Kier alpha value is -2.53. The molecule has 0 bridgehead atoms. The minimum atomic E-state index is -4.02. The molecule has 0 unspecified atom stereocenters. The minimum Gasteiger partial charge on any atom is -0.367 e. The molecule has 0 saturated heterocycles. The highest BCUT2D eigenvalue weighted by molar-refractivity contribution is 7.85. The number of nitrogens with one attached hydrogen (secondary N) is 1. The Balaban J connectivity index is 0.000000273. The lowest BCUT2D eigenvalue weighted by Gasteiger charge is -2.05. The summed E-state index contributed by atoms with van der Waals surface area (Å²) in [5, 5.41) is 19.2. The summed E-state index contributed by atoms with van der Waals surface area (Å²) in [7, 11) is -4.02. The summed E-state index contributed by atoms with van der Waals surface area (Å²) in [5.74, 6) is -1.23. The highest BCUT2D eigenvalue weighted by atomic mass is 35.5. The van der Waals surface area contributed by atoms with Crippen molar-refractivity contribution in [3.63, 3.8) is 0 Å². The van der Waals surface area contributed by atoms with E-state index < -0.39 is 21.9 Å². The highest BCUT2D eigenvalue weighted by Gasteiger charge is 2.06. The van der Waals surface area contributed by atoms with Gasteiger partial charge in [0.2, 0.25) is 5.96 Å². The molecule has 2 aromatic carbocycles. The maximum absolute atomic E-state index is 12.9. The number of guanidine groups is 1. The van der Waals surface area contributed by atoms with Crippen LogP contribution in [-0.2, 0) is 10.1 Å². The molecular weight excluding hydrogens is 387 g/mol. The first-order valence-electron chi connectivity index (χ1n) is 6.87. The SMILES string of the molecule is Cc1ccc(S(=O)(=O)O)cc1.N=C(N)N(O)N=Cc1ccc(Cl)c(F)c1. The van der Waals surface area contributed by atoms with Gasteiger partial charge in [0.05, 0.1) is 16.1 Å². The second-order valence-electron chi connectivity index (χ2n) is 4.88. The molecule has 26 heavy (non-hydrogen) atoms. The van der Waals surface area contributed by atoms with E-state index in [1.807, 2.05) is 6.92 Å². The van der Waals surface area contributed by atoms with Crippen molar-refractivity contribution in [2.24, 2.45) is 10.8 Å². The molecule has 2 rings (SSSR count). The fourth-order valence-electron chi connectivity index (χ4n) is 1.49. The summed E-state index contributed by atoms with van der Waals surface area (Å²) in [6.45, 7) is 1.84. The molecule has 11 heteroatoms. The van der Waals surface area contributed by atoms with E-state index in [4.69, 9.17) is 32.5 Å². The number of aryl methyl sites for hydroxylation is 1. The molecule has 0 aromatic heterocycles. The smallest absolute Gasteiger partial charge is 0.294 e. The van der Waals surface area contributed by atoms with E-state index >= 15 is 0 Å². The zero-order valence-electron chi connectivity index (χ0n) is 13.5. The van der Waals surface area contributed by atoms with Gasteiger partial charge in [-0.3, -0.25) is 15.2 Å². The molecule has 0 atom stereocenters. The van der Waals surface area contributed by atoms with E-state index in [0.29, 0.717) is 5.56 Å². The number of halogens is 2. The predicted molar refractivity (Wildman–Crippen MR) is 95.5 cm³/mol. The maximum Gasteiger partial charge on any atom is 0.294 e. The monoisotopic (exact) mass is 402 g/mol. The van der Waals surface area contributed by atoms with Crippen LogP contribution in [0.3, 0.4) is 0 Å². The first-order valence-corrected chi connectivity index (χ1v) is 8.68. The molecule has 5 N–H and O–H groups in total. The molecule has 0 radical (unpaired) electrons.